The minimum absolute atomic E-state index is 0.0449. The molecule has 0 aliphatic rings. The van der Waals surface area contributed by atoms with Gasteiger partial charge in [0.1, 0.15) is 12.4 Å². The number of hydrogen-bond acceptors (Lipinski definition) is 3. The van der Waals surface area contributed by atoms with Gasteiger partial charge in [0.15, 0.2) is 0 Å². The summed E-state index contributed by atoms with van der Waals surface area (Å²) in [7, 11) is 1.44. The van der Waals surface area contributed by atoms with Crippen LogP contribution in [0.2, 0.25) is 5.02 Å². The molecular formula is C11H13Cl2N3O2. The predicted octanol–water partition coefficient (Wildman–Crippen LogP) is 2.15. The van der Waals surface area contributed by atoms with Crippen molar-refractivity contribution in [3.05, 3.63) is 23.2 Å². The van der Waals surface area contributed by atoms with Gasteiger partial charge in [0.2, 0.25) is 5.91 Å². The van der Waals surface area contributed by atoms with Crippen LogP contribution in [0.1, 0.15) is 0 Å². The van der Waals surface area contributed by atoms with Crippen LogP contribution in [0.3, 0.4) is 0 Å². The first-order chi connectivity index (χ1) is 8.56. The zero-order chi connectivity index (χ0) is 13.5. The molecule has 0 fully saturated rings. The van der Waals surface area contributed by atoms with Crippen LogP contribution in [0.4, 0.5) is 11.4 Å². The number of methoxy groups -OCH3 is 1. The van der Waals surface area contributed by atoms with Crippen molar-refractivity contribution < 1.29 is 9.53 Å². The van der Waals surface area contributed by atoms with Crippen molar-refractivity contribution in [2.24, 2.45) is 10.7 Å². The number of amidine groups is 1. The normalized spacial score (nSPS) is 11.4. The Hall–Kier alpha value is -1.30. The maximum atomic E-state index is 11.4. The van der Waals surface area contributed by atoms with E-state index in [9.17, 15) is 4.79 Å². The SMILES string of the molecule is COCC(=O)Nc1ccc(Cl)cc1N=C(N)CCl. The van der Waals surface area contributed by atoms with Gasteiger partial charge in [-0.2, -0.15) is 0 Å². The number of nitrogens with two attached hydrogens (primary N) is 1. The number of hydrogen-bond donors (Lipinski definition) is 2. The van der Waals surface area contributed by atoms with E-state index in [1.165, 1.54) is 7.11 Å². The monoisotopic (exact) mass is 289 g/mol. The summed E-state index contributed by atoms with van der Waals surface area (Å²) in [6.07, 6.45) is 0. The highest BCUT2D eigenvalue weighted by atomic mass is 35.5. The van der Waals surface area contributed by atoms with E-state index in [1.807, 2.05) is 0 Å². The van der Waals surface area contributed by atoms with E-state index in [2.05, 4.69) is 10.3 Å². The molecule has 0 saturated carbocycles. The number of alkyl halides is 1. The Balaban J connectivity index is 3.00. The van der Waals surface area contributed by atoms with E-state index in [1.54, 1.807) is 18.2 Å². The van der Waals surface area contributed by atoms with Crippen LogP contribution in [0.15, 0.2) is 23.2 Å². The van der Waals surface area contributed by atoms with Crippen LogP contribution < -0.4 is 11.1 Å². The molecule has 1 amide bonds. The standard InChI is InChI=1S/C11H13Cl2N3O2/c1-18-6-11(17)16-8-3-2-7(13)4-9(8)15-10(14)5-12/h2-4H,5-6H2,1H3,(H2,14,15)(H,16,17). The van der Waals surface area contributed by atoms with Crippen molar-refractivity contribution in [3.63, 3.8) is 0 Å². The Kier molecular flexibility index (Phi) is 5.91. The number of anilines is 1. The quantitative estimate of drug-likeness (QED) is 0.495. The molecule has 0 saturated heterocycles. The lowest BCUT2D eigenvalue weighted by molar-refractivity contribution is -0.119. The molecule has 18 heavy (non-hydrogen) atoms. The number of benzene rings is 1. The van der Waals surface area contributed by atoms with Crippen LogP contribution in [0.25, 0.3) is 0 Å². The third-order valence-corrected chi connectivity index (χ3v) is 2.42. The van der Waals surface area contributed by atoms with Crippen LogP contribution >= 0.6 is 23.2 Å². The number of amides is 1. The summed E-state index contributed by atoms with van der Waals surface area (Å²) in [5.74, 6) is 0.0414. The second-order valence-corrected chi connectivity index (χ2v) is 4.08. The molecule has 5 nitrogen and oxygen atoms in total. The molecule has 0 spiro atoms. The topological polar surface area (TPSA) is 76.7 Å². The molecular weight excluding hydrogens is 277 g/mol. The van der Waals surface area contributed by atoms with Gasteiger partial charge >= 0.3 is 0 Å². The van der Waals surface area contributed by atoms with Gasteiger partial charge in [-0.05, 0) is 18.2 Å². The van der Waals surface area contributed by atoms with Gasteiger partial charge < -0.3 is 15.8 Å². The number of nitrogens with one attached hydrogen (secondary N) is 1. The molecule has 3 N–H and O–H groups in total. The number of rotatable bonds is 5. The van der Waals surface area contributed by atoms with Crippen LogP contribution in [-0.4, -0.2) is 31.3 Å². The van der Waals surface area contributed by atoms with Crippen molar-refractivity contribution in [1.82, 2.24) is 0 Å². The minimum Gasteiger partial charge on any atom is -0.386 e. The second kappa shape index (κ2) is 7.20. The van der Waals surface area contributed by atoms with Crippen LogP contribution in [0, 0.1) is 0 Å². The molecule has 98 valence electrons. The van der Waals surface area contributed by atoms with Gasteiger partial charge in [-0.3, -0.25) is 4.79 Å². The van der Waals surface area contributed by atoms with E-state index >= 15 is 0 Å². The third kappa shape index (κ3) is 4.52. The summed E-state index contributed by atoms with van der Waals surface area (Å²) < 4.78 is 4.72. The highest BCUT2D eigenvalue weighted by Crippen LogP contribution is 2.28. The Morgan fingerprint density at radius 2 is 2.28 bits per heavy atom. The molecule has 7 heteroatoms. The van der Waals surface area contributed by atoms with Crippen molar-refractivity contribution >= 4 is 46.3 Å². The number of nitrogens with zero attached hydrogens (tertiary/aromatic N) is 1. The fraction of sp³-hybridized carbons (Fsp3) is 0.273. The third-order valence-electron chi connectivity index (χ3n) is 1.91. The fourth-order valence-electron chi connectivity index (χ4n) is 1.20. The number of halogens is 2. The summed E-state index contributed by atoms with van der Waals surface area (Å²) in [6, 6.07) is 4.86. The number of carbonyl (C=O) groups is 1. The van der Waals surface area contributed by atoms with E-state index < -0.39 is 0 Å². The molecule has 0 unspecified atom stereocenters. The van der Waals surface area contributed by atoms with E-state index in [0.29, 0.717) is 16.4 Å². The van der Waals surface area contributed by atoms with Crippen LogP contribution in [-0.2, 0) is 9.53 Å². The maximum absolute atomic E-state index is 11.4. The summed E-state index contributed by atoms with van der Waals surface area (Å²) in [6.45, 7) is -0.0449. The number of aliphatic imine (C=N–C) groups is 1. The van der Waals surface area contributed by atoms with Crippen molar-refractivity contribution in [1.29, 1.82) is 0 Å². The average Bonchev–Trinajstić information content (AvgIpc) is 2.33. The van der Waals surface area contributed by atoms with Gasteiger partial charge in [-0.15, -0.1) is 11.6 Å². The minimum atomic E-state index is -0.291. The zero-order valence-electron chi connectivity index (χ0n) is 9.74. The smallest absolute Gasteiger partial charge is 0.250 e. The summed E-state index contributed by atoms with van der Waals surface area (Å²) >= 11 is 11.4. The molecule has 1 aromatic carbocycles. The highest BCUT2D eigenvalue weighted by molar-refractivity contribution is 6.31. The van der Waals surface area contributed by atoms with Crippen LogP contribution in [0.5, 0.6) is 0 Å². The summed E-state index contributed by atoms with van der Waals surface area (Å²) in [5.41, 5.74) is 6.50. The zero-order valence-corrected chi connectivity index (χ0v) is 11.3. The molecule has 0 aliphatic heterocycles. The maximum Gasteiger partial charge on any atom is 0.250 e. The largest absolute Gasteiger partial charge is 0.386 e. The first-order valence-corrected chi connectivity index (χ1v) is 5.95. The van der Waals surface area contributed by atoms with Crippen molar-refractivity contribution in [3.8, 4) is 0 Å². The molecule has 0 aromatic heterocycles. The predicted molar refractivity (Wildman–Crippen MR) is 74.0 cm³/mol. The van der Waals surface area contributed by atoms with Gasteiger partial charge in [0.25, 0.3) is 0 Å². The second-order valence-electron chi connectivity index (χ2n) is 3.38. The first-order valence-electron chi connectivity index (χ1n) is 5.04. The Bertz CT molecular complexity index is 464. The molecule has 1 rings (SSSR count). The summed E-state index contributed by atoms with van der Waals surface area (Å²) in [4.78, 5) is 15.5. The lowest BCUT2D eigenvalue weighted by atomic mass is 10.2. The van der Waals surface area contributed by atoms with Gasteiger partial charge in [-0.25, -0.2) is 4.99 Å². The van der Waals surface area contributed by atoms with E-state index in [4.69, 9.17) is 33.7 Å². The fourth-order valence-corrected chi connectivity index (χ4v) is 1.43. The Labute approximate surface area is 115 Å². The summed E-state index contributed by atoms with van der Waals surface area (Å²) in [5, 5.41) is 3.13. The molecule has 0 heterocycles. The lowest BCUT2D eigenvalue weighted by Gasteiger charge is -2.08. The van der Waals surface area contributed by atoms with Gasteiger partial charge in [0, 0.05) is 12.1 Å². The molecule has 0 aliphatic carbocycles. The number of ether oxygens (including phenoxy) is 1. The van der Waals surface area contributed by atoms with Gasteiger partial charge in [0.05, 0.1) is 17.3 Å². The molecule has 0 radical (unpaired) electrons. The van der Waals surface area contributed by atoms with Crippen molar-refractivity contribution in [2.45, 2.75) is 0 Å². The Morgan fingerprint density at radius 3 is 2.89 bits per heavy atom. The van der Waals surface area contributed by atoms with E-state index in [-0.39, 0.29) is 24.2 Å². The molecule has 1 aromatic rings. The number of carbonyl (C=O) groups excluding carboxylic acids is 1. The van der Waals surface area contributed by atoms with E-state index in [0.717, 1.165) is 0 Å². The first kappa shape index (κ1) is 14.8. The Morgan fingerprint density at radius 1 is 1.56 bits per heavy atom. The average molecular weight is 290 g/mol. The molecule has 0 atom stereocenters. The lowest BCUT2D eigenvalue weighted by Crippen LogP contribution is -2.17. The highest BCUT2D eigenvalue weighted by Gasteiger charge is 2.07. The van der Waals surface area contributed by atoms with Gasteiger partial charge in [-0.1, -0.05) is 11.6 Å². The molecule has 0 bridgehead atoms. The van der Waals surface area contributed by atoms with Crippen molar-refractivity contribution in [2.75, 3.05) is 24.9 Å².